The summed E-state index contributed by atoms with van der Waals surface area (Å²) in [7, 11) is 0. The van der Waals surface area contributed by atoms with Crippen molar-refractivity contribution >= 4 is 11.9 Å². The normalized spacial score (nSPS) is 10.3. The number of rotatable bonds is 5. The molecule has 1 heterocycles. The van der Waals surface area contributed by atoms with Gasteiger partial charge in [-0.05, 0) is 17.0 Å². The highest BCUT2D eigenvalue weighted by Crippen LogP contribution is 2.24. The van der Waals surface area contributed by atoms with E-state index in [1.54, 1.807) is 0 Å². The molecule has 10 nitrogen and oxygen atoms in total. The molecule has 1 aromatic heterocycles. The van der Waals surface area contributed by atoms with Crippen LogP contribution in [-0.2, 0) is 6.61 Å². The summed E-state index contributed by atoms with van der Waals surface area (Å²) in [5.41, 5.74) is 4.07. The van der Waals surface area contributed by atoms with Crippen molar-refractivity contribution in [3.8, 4) is 11.5 Å². The molecule has 0 atom stereocenters. The second-order valence-corrected chi connectivity index (χ2v) is 3.86. The molecule has 1 aromatic carbocycles. The number of nitrogens with two attached hydrogens (primary N) is 1. The van der Waals surface area contributed by atoms with Gasteiger partial charge in [-0.2, -0.15) is 0 Å². The van der Waals surface area contributed by atoms with E-state index in [-0.39, 0.29) is 28.5 Å². The van der Waals surface area contributed by atoms with Gasteiger partial charge in [-0.1, -0.05) is 0 Å². The van der Waals surface area contributed by atoms with Crippen LogP contribution >= 0.6 is 0 Å². The molecule has 0 spiro atoms. The van der Waals surface area contributed by atoms with Gasteiger partial charge in [0.1, 0.15) is 17.1 Å². The smallest absolute Gasteiger partial charge is 0.339 e. The van der Waals surface area contributed by atoms with Gasteiger partial charge in [-0.3, -0.25) is 9.42 Å². The first-order chi connectivity index (χ1) is 9.90. The molecular weight excluding hydrogens is 286 g/mol. The third-order valence-electron chi connectivity index (χ3n) is 2.49. The van der Waals surface area contributed by atoms with Crippen LogP contribution in [0.4, 0.5) is 0 Å². The zero-order chi connectivity index (χ0) is 15.6. The molecule has 1 amide bonds. The maximum atomic E-state index is 11.1. The number of carboxylic acid groups (broad SMARTS) is 1. The summed E-state index contributed by atoms with van der Waals surface area (Å²) in [6.45, 7) is -0.330. The Morgan fingerprint density at radius 2 is 2.19 bits per heavy atom. The van der Waals surface area contributed by atoms with E-state index in [1.165, 1.54) is 6.07 Å². The highest BCUT2D eigenvalue weighted by Gasteiger charge is 2.25. The van der Waals surface area contributed by atoms with Gasteiger partial charge in [0.05, 0.1) is 0 Å². The molecule has 0 fully saturated rings. The predicted molar refractivity (Wildman–Crippen MR) is 63.4 cm³/mol. The van der Waals surface area contributed by atoms with E-state index >= 15 is 0 Å². The number of hydrogen-bond acceptors (Lipinski definition) is 7. The van der Waals surface area contributed by atoms with Crippen molar-refractivity contribution in [2.75, 3.05) is 0 Å². The number of phenols is 1. The van der Waals surface area contributed by atoms with Gasteiger partial charge in [0.15, 0.2) is 6.61 Å². The maximum absolute atomic E-state index is 11.1. The molecule has 0 radical (unpaired) electrons. The van der Waals surface area contributed by atoms with E-state index < -0.39 is 23.3 Å². The van der Waals surface area contributed by atoms with Gasteiger partial charge >= 0.3 is 5.97 Å². The Hall–Kier alpha value is -3.30. The van der Waals surface area contributed by atoms with Crippen molar-refractivity contribution < 1.29 is 34.1 Å². The van der Waals surface area contributed by atoms with Crippen molar-refractivity contribution in [1.29, 1.82) is 0 Å². The van der Waals surface area contributed by atoms with Crippen molar-refractivity contribution in [2.45, 2.75) is 6.61 Å². The minimum Gasteiger partial charge on any atom is -0.507 e. The van der Waals surface area contributed by atoms with Gasteiger partial charge in [0.25, 0.3) is 17.3 Å². The van der Waals surface area contributed by atoms with Crippen molar-refractivity contribution in [1.82, 2.24) is 5.16 Å². The van der Waals surface area contributed by atoms with E-state index in [9.17, 15) is 19.9 Å². The van der Waals surface area contributed by atoms with E-state index in [0.29, 0.717) is 0 Å². The summed E-state index contributed by atoms with van der Waals surface area (Å²) < 4.78 is 9.40. The van der Waals surface area contributed by atoms with Gasteiger partial charge in [-0.15, -0.1) is 0 Å². The Morgan fingerprint density at radius 3 is 2.76 bits per heavy atom. The van der Waals surface area contributed by atoms with Crippen LogP contribution in [0.25, 0.3) is 0 Å². The molecule has 4 N–H and O–H groups in total. The fraction of sp³-hybridized carbons (Fsp3) is 0.0909. The monoisotopic (exact) mass is 295 g/mol. The summed E-state index contributed by atoms with van der Waals surface area (Å²) in [5, 5.41) is 32.6. The van der Waals surface area contributed by atoms with Crippen LogP contribution in [0, 0.1) is 5.21 Å². The number of carbonyl (C=O) groups excluding carboxylic acids is 1. The van der Waals surface area contributed by atoms with Crippen LogP contribution in [0.5, 0.6) is 11.5 Å². The quantitative estimate of drug-likeness (QED) is 0.615. The number of aromatic nitrogens is 2. The molecule has 0 aliphatic heterocycles. The van der Waals surface area contributed by atoms with E-state index in [2.05, 4.69) is 9.79 Å². The van der Waals surface area contributed by atoms with E-state index in [1.807, 2.05) is 0 Å². The summed E-state index contributed by atoms with van der Waals surface area (Å²) in [4.78, 5) is 21.6. The van der Waals surface area contributed by atoms with Gasteiger partial charge in [-0.25, -0.2) is 4.79 Å². The number of ether oxygens (including phenoxy) is 1. The minimum atomic E-state index is -1.29. The van der Waals surface area contributed by atoms with Crippen molar-refractivity contribution in [3.05, 3.63) is 40.4 Å². The molecule has 0 aliphatic rings. The fourth-order valence-corrected chi connectivity index (χ4v) is 1.54. The number of nitrogens with zero attached hydrogens (tertiary/aromatic N) is 2. The third-order valence-corrected chi connectivity index (χ3v) is 2.49. The molecule has 10 heteroatoms. The Kier molecular flexibility index (Phi) is 3.61. The summed E-state index contributed by atoms with van der Waals surface area (Å²) in [6.07, 6.45) is 0. The van der Waals surface area contributed by atoms with Crippen molar-refractivity contribution in [3.63, 3.8) is 0 Å². The molecule has 0 bridgehead atoms. The highest BCUT2D eigenvalue weighted by atomic mass is 16.8. The van der Waals surface area contributed by atoms with E-state index in [4.69, 9.17) is 15.6 Å². The lowest BCUT2D eigenvalue weighted by Gasteiger charge is -2.05. The summed E-state index contributed by atoms with van der Waals surface area (Å²) in [6, 6.07) is 3.50. The molecule has 0 saturated heterocycles. The van der Waals surface area contributed by atoms with Crippen LogP contribution in [0.15, 0.2) is 22.8 Å². The van der Waals surface area contributed by atoms with Crippen molar-refractivity contribution in [2.24, 2.45) is 5.73 Å². The Bertz CT molecular complexity index is 710. The number of aromatic carboxylic acids is 1. The first kappa shape index (κ1) is 14.1. The maximum Gasteiger partial charge on any atom is 0.339 e. The Labute approximate surface area is 116 Å². The van der Waals surface area contributed by atoms with Crippen LogP contribution in [-0.4, -0.2) is 27.2 Å². The Morgan fingerprint density at radius 1 is 1.48 bits per heavy atom. The number of benzene rings is 1. The molecule has 0 aliphatic carbocycles. The zero-order valence-electron chi connectivity index (χ0n) is 10.3. The molecule has 2 rings (SSSR count). The van der Waals surface area contributed by atoms with Crippen LogP contribution < -0.4 is 15.4 Å². The SMILES string of the molecule is NC(=O)c1c(COc2ccc(C(=O)O)c(O)c2)no[n+]1[O-]. The van der Waals surface area contributed by atoms with Crippen LogP contribution in [0.3, 0.4) is 0 Å². The molecule has 0 unspecified atom stereocenters. The number of carboxylic acids is 1. The third kappa shape index (κ3) is 2.83. The lowest BCUT2D eigenvalue weighted by atomic mass is 10.2. The van der Waals surface area contributed by atoms with Gasteiger partial charge in [0, 0.05) is 11.2 Å². The van der Waals surface area contributed by atoms with Gasteiger partial charge in [0.2, 0.25) is 0 Å². The molecule has 21 heavy (non-hydrogen) atoms. The molecule has 2 aromatic rings. The average Bonchev–Trinajstić information content (AvgIpc) is 2.77. The lowest BCUT2D eigenvalue weighted by Crippen LogP contribution is -2.35. The predicted octanol–water partition coefficient (Wildman–Crippen LogP) is -0.610. The van der Waals surface area contributed by atoms with E-state index in [0.717, 1.165) is 12.1 Å². The molecule has 0 saturated carbocycles. The number of carbonyl (C=O) groups is 2. The zero-order valence-corrected chi connectivity index (χ0v) is 10.3. The highest BCUT2D eigenvalue weighted by molar-refractivity contribution is 5.91. The topological polar surface area (TPSA) is 163 Å². The molecule has 110 valence electrons. The molecular formula is C11H9N3O7. The largest absolute Gasteiger partial charge is 0.507 e. The number of primary amides is 1. The van der Waals surface area contributed by atoms with Crippen LogP contribution in [0.1, 0.15) is 26.5 Å². The van der Waals surface area contributed by atoms with Gasteiger partial charge < -0.3 is 25.9 Å². The fourth-order valence-electron chi connectivity index (χ4n) is 1.54. The lowest BCUT2D eigenvalue weighted by molar-refractivity contribution is -0.803. The second kappa shape index (κ2) is 5.36. The average molecular weight is 295 g/mol. The number of amides is 1. The number of hydrogen-bond donors (Lipinski definition) is 3. The second-order valence-electron chi connectivity index (χ2n) is 3.86. The first-order valence-corrected chi connectivity index (χ1v) is 5.47. The standard InChI is InChI=1S/C11H9N3O7/c12-10(16)9-7(13-21-14(9)19)4-20-5-1-2-6(11(17)18)8(15)3-5/h1-3,15H,4H2,(H2,12,16)(H,17,18). The number of aromatic hydroxyl groups is 1. The summed E-state index contributed by atoms with van der Waals surface area (Å²) >= 11 is 0. The first-order valence-electron chi connectivity index (χ1n) is 5.47. The minimum absolute atomic E-state index is 0.105. The Balaban J connectivity index is 2.16. The van der Waals surface area contributed by atoms with Crippen LogP contribution in [0.2, 0.25) is 0 Å². The summed E-state index contributed by atoms with van der Waals surface area (Å²) in [5.74, 6) is -2.71.